The summed E-state index contributed by atoms with van der Waals surface area (Å²) in [7, 11) is -3.29. The van der Waals surface area contributed by atoms with Gasteiger partial charge >= 0.3 is 0 Å². The number of rotatable bonds is 7. The molecule has 0 unspecified atom stereocenters. The minimum atomic E-state index is -3.29. The molecule has 28 heavy (non-hydrogen) atoms. The minimum absolute atomic E-state index is 0.0976. The van der Waals surface area contributed by atoms with Crippen molar-refractivity contribution >= 4 is 27.1 Å². The van der Waals surface area contributed by atoms with Crippen molar-refractivity contribution in [3.63, 3.8) is 0 Å². The second kappa shape index (κ2) is 8.71. The standard InChI is InChI=1S/C22H23NO3S2/c1-16(2)28(25,26)20-9-7-17(8-10-20)13-22(24)23-14-18-5-3-4-6-21(18)19-11-12-27-15-19/h3-12,15-16H,13-14H2,1-2H3,(H,23,24). The van der Waals surface area contributed by atoms with E-state index in [9.17, 15) is 13.2 Å². The fraction of sp³-hybridized carbons (Fsp3) is 0.227. The van der Waals surface area contributed by atoms with Crippen molar-refractivity contribution in [2.75, 3.05) is 0 Å². The summed E-state index contributed by atoms with van der Waals surface area (Å²) >= 11 is 1.64. The van der Waals surface area contributed by atoms with Crippen LogP contribution in [-0.4, -0.2) is 19.6 Å². The van der Waals surface area contributed by atoms with Crippen molar-refractivity contribution in [1.82, 2.24) is 5.32 Å². The fourth-order valence-electron chi connectivity index (χ4n) is 2.88. The van der Waals surface area contributed by atoms with Gasteiger partial charge in [-0.05, 0) is 65.1 Å². The first-order valence-corrected chi connectivity index (χ1v) is 11.6. The van der Waals surface area contributed by atoms with E-state index < -0.39 is 15.1 Å². The van der Waals surface area contributed by atoms with E-state index >= 15 is 0 Å². The van der Waals surface area contributed by atoms with Gasteiger partial charge in [-0.15, -0.1) is 0 Å². The fourth-order valence-corrected chi connectivity index (χ4v) is 4.60. The predicted molar refractivity (Wildman–Crippen MR) is 114 cm³/mol. The van der Waals surface area contributed by atoms with Gasteiger partial charge in [-0.2, -0.15) is 11.3 Å². The van der Waals surface area contributed by atoms with Crippen LogP contribution in [0.1, 0.15) is 25.0 Å². The van der Waals surface area contributed by atoms with E-state index in [0.29, 0.717) is 6.54 Å². The number of thiophene rings is 1. The van der Waals surface area contributed by atoms with Crippen molar-refractivity contribution < 1.29 is 13.2 Å². The lowest BCUT2D eigenvalue weighted by atomic mass is 10.0. The number of benzene rings is 2. The lowest BCUT2D eigenvalue weighted by Crippen LogP contribution is -2.24. The summed E-state index contributed by atoms with van der Waals surface area (Å²) in [5.74, 6) is -0.0976. The molecule has 0 aliphatic rings. The summed E-state index contributed by atoms with van der Waals surface area (Å²) in [5, 5.41) is 6.62. The molecule has 0 fully saturated rings. The molecule has 6 heteroatoms. The molecule has 1 aromatic heterocycles. The zero-order valence-corrected chi connectivity index (χ0v) is 17.5. The van der Waals surface area contributed by atoms with E-state index in [4.69, 9.17) is 0 Å². The number of nitrogens with one attached hydrogen (secondary N) is 1. The van der Waals surface area contributed by atoms with Gasteiger partial charge in [0.15, 0.2) is 9.84 Å². The molecule has 0 aliphatic carbocycles. The number of hydrogen-bond donors (Lipinski definition) is 1. The number of carbonyl (C=O) groups excluding carboxylic acids is 1. The van der Waals surface area contributed by atoms with Crippen LogP contribution in [0.15, 0.2) is 70.3 Å². The van der Waals surface area contributed by atoms with Crippen LogP contribution in [0.4, 0.5) is 0 Å². The van der Waals surface area contributed by atoms with E-state index in [1.54, 1.807) is 49.4 Å². The minimum Gasteiger partial charge on any atom is -0.352 e. The molecular weight excluding hydrogens is 390 g/mol. The van der Waals surface area contributed by atoms with Crippen LogP contribution in [-0.2, 0) is 27.6 Å². The quantitative estimate of drug-likeness (QED) is 0.622. The third-order valence-corrected chi connectivity index (χ3v) is 7.42. The summed E-state index contributed by atoms with van der Waals surface area (Å²) in [4.78, 5) is 12.6. The van der Waals surface area contributed by atoms with Crippen molar-refractivity contribution in [2.24, 2.45) is 0 Å². The molecule has 3 rings (SSSR count). The Morgan fingerprint density at radius 2 is 1.75 bits per heavy atom. The average molecular weight is 414 g/mol. The molecule has 146 valence electrons. The summed E-state index contributed by atoms with van der Waals surface area (Å²) < 4.78 is 24.4. The van der Waals surface area contributed by atoms with Gasteiger partial charge in [0.05, 0.1) is 16.6 Å². The molecule has 3 aromatic rings. The van der Waals surface area contributed by atoms with Gasteiger partial charge < -0.3 is 5.32 Å². The predicted octanol–water partition coefficient (Wildman–Crippen LogP) is 4.46. The largest absolute Gasteiger partial charge is 0.352 e. The molecule has 0 saturated heterocycles. The Kier molecular flexibility index (Phi) is 6.31. The first-order valence-electron chi connectivity index (χ1n) is 9.08. The highest BCUT2D eigenvalue weighted by Crippen LogP contribution is 2.25. The summed E-state index contributed by atoms with van der Waals surface area (Å²) in [6.07, 6.45) is 0.211. The molecule has 0 spiro atoms. The van der Waals surface area contributed by atoms with Gasteiger partial charge in [0.2, 0.25) is 5.91 Å². The van der Waals surface area contributed by atoms with Gasteiger partial charge in [-0.3, -0.25) is 4.79 Å². The number of amides is 1. The third kappa shape index (κ3) is 4.69. The number of sulfone groups is 1. The Morgan fingerprint density at radius 1 is 1.04 bits per heavy atom. The van der Waals surface area contributed by atoms with E-state index in [0.717, 1.165) is 22.3 Å². The molecule has 1 amide bonds. The highest BCUT2D eigenvalue weighted by molar-refractivity contribution is 7.92. The average Bonchev–Trinajstić information content (AvgIpc) is 3.21. The van der Waals surface area contributed by atoms with Gasteiger partial charge in [0.1, 0.15) is 0 Å². The Hall–Kier alpha value is -2.44. The van der Waals surface area contributed by atoms with Gasteiger partial charge in [0, 0.05) is 6.54 Å². The molecule has 0 saturated carbocycles. The number of hydrogen-bond acceptors (Lipinski definition) is 4. The van der Waals surface area contributed by atoms with E-state index in [-0.39, 0.29) is 17.2 Å². The van der Waals surface area contributed by atoms with Crippen molar-refractivity contribution in [3.8, 4) is 11.1 Å². The molecule has 0 aliphatic heterocycles. The van der Waals surface area contributed by atoms with Crippen LogP contribution < -0.4 is 5.32 Å². The maximum absolute atomic E-state index is 12.3. The highest BCUT2D eigenvalue weighted by atomic mass is 32.2. The first-order chi connectivity index (χ1) is 13.4. The molecule has 0 bridgehead atoms. The van der Waals surface area contributed by atoms with Crippen molar-refractivity contribution in [2.45, 2.75) is 37.0 Å². The second-order valence-electron chi connectivity index (χ2n) is 6.86. The van der Waals surface area contributed by atoms with E-state index in [1.165, 1.54) is 0 Å². The van der Waals surface area contributed by atoms with Crippen LogP contribution in [0.5, 0.6) is 0 Å². The van der Waals surface area contributed by atoms with Crippen LogP contribution in [0.3, 0.4) is 0 Å². The number of carbonyl (C=O) groups is 1. The zero-order chi connectivity index (χ0) is 20.1. The monoisotopic (exact) mass is 413 g/mol. The Bertz CT molecular complexity index is 1040. The van der Waals surface area contributed by atoms with E-state index in [2.05, 4.69) is 22.8 Å². The summed E-state index contributed by atoms with van der Waals surface area (Å²) in [5.41, 5.74) is 4.11. The van der Waals surface area contributed by atoms with Crippen LogP contribution in [0.2, 0.25) is 0 Å². The molecule has 1 heterocycles. The molecule has 0 atom stereocenters. The van der Waals surface area contributed by atoms with Gasteiger partial charge in [-0.1, -0.05) is 36.4 Å². The van der Waals surface area contributed by atoms with Crippen LogP contribution in [0, 0.1) is 0 Å². The molecular formula is C22H23NO3S2. The lowest BCUT2D eigenvalue weighted by Gasteiger charge is -2.11. The highest BCUT2D eigenvalue weighted by Gasteiger charge is 2.18. The normalized spacial score (nSPS) is 11.5. The lowest BCUT2D eigenvalue weighted by molar-refractivity contribution is -0.120. The molecule has 4 nitrogen and oxygen atoms in total. The Morgan fingerprint density at radius 3 is 2.39 bits per heavy atom. The second-order valence-corrected chi connectivity index (χ2v) is 10.1. The topological polar surface area (TPSA) is 63.2 Å². The first kappa shape index (κ1) is 20.3. The smallest absolute Gasteiger partial charge is 0.224 e. The van der Waals surface area contributed by atoms with Crippen molar-refractivity contribution in [3.05, 3.63) is 76.5 Å². The maximum Gasteiger partial charge on any atom is 0.224 e. The van der Waals surface area contributed by atoms with Crippen molar-refractivity contribution in [1.29, 1.82) is 0 Å². The summed E-state index contributed by atoms with van der Waals surface area (Å²) in [6.45, 7) is 3.76. The van der Waals surface area contributed by atoms with E-state index in [1.807, 2.05) is 23.6 Å². The SMILES string of the molecule is CC(C)S(=O)(=O)c1ccc(CC(=O)NCc2ccccc2-c2ccsc2)cc1. The Balaban J connectivity index is 1.63. The molecule has 1 N–H and O–H groups in total. The van der Waals surface area contributed by atoms with Crippen LogP contribution >= 0.6 is 11.3 Å². The Labute approximate surface area is 170 Å². The zero-order valence-electron chi connectivity index (χ0n) is 15.9. The maximum atomic E-state index is 12.3. The third-order valence-electron chi connectivity index (χ3n) is 4.56. The summed E-state index contributed by atoms with van der Waals surface area (Å²) in [6, 6.07) is 16.6. The van der Waals surface area contributed by atoms with Gasteiger partial charge in [0.25, 0.3) is 0 Å². The molecule has 0 radical (unpaired) electrons. The van der Waals surface area contributed by atoms with Gasteiger partial charge in [-0.25, -0.2) is 8.42 Å². The van der Waals surface area contributed by atoms with Crippen LogP contribution in [0.25, 0.3) is 11.1 Å². The molecule has 2 aromatic carbocycles.